The van der Waals surface area contributed by atoms with Crippen molar-refractivity contribution in [1.29, 1.82) is 0 Å². The average Bonchev–Trinajstić information content (AvgIpc) is 3.15. The van der Waals surface area contributed by atoms with Crippen molar-refractivity contribution in [3.8, 4) is 5.69 Å². The van der Waals surface area contributed by atoms with Crippen molar-refractivity contribution >= 4 is 34.6 Å². The van der Waals surface area contributed by atoms with Crippen molar-refractivity contribution < 1.29 is 9.18 Å². The minimum absolute atomic E-state index is 0.0270. The number of nitrogens with two attached hydrogens (primary N) is 1. The van der Waals surface area contributed by atoms with Crippen LogP contribution in [0.15, 0.2) is 58.6 Å². The topological polar surface area (TPSA) is 120 Å². The van der Waals surface area contributed by atoms with E-state index in [1.807, 2.05) is 6.07 Å². The number of aliphatic imine (C=N–C) groups is 1. The second-order valence-corrected chi connectivity index (χ2v) is 7.34. The minimum Gasteiger partial charge on any atom is -0.369 e. The van der Waals surface area contributed by atoms with Crippen molar-refractivity contribution in [3.63, 3.8) is 0 Å². The Bertz CT molecular complexity index is 1470. The highest BCUT2D eigenvalue weighted by atomic mass is 19.1. The van der Waals surface area contributed by atoms with E-state index < -0.39 is 11.4 Å². The third-order valence-corrected chi connectivity index (χ3v) is 5.26. The molecule has 0 fully saturated rings. The van der Waals surface area contributed by atoms with Crippen LogP contribution in [0.25, 0.3) is 11.2 Å². The molecule has 10 heteroatoms. The highest BCUT2D eigenvalue weighted by molar-refractivity contribution is 6.08. The van der Waals surface area contributed by atoms with Crippen LogP contribution in [0.5, 0.6) is 0 Å². The van der Waals surface area contributed by atoms with Crippen LogP contribution in [0.3, 0.4) is 0 Å². The molecule has 0 aliphatic carbocycles. The molecule has 4 aromatic rings. The number of ketones is 1. The quantitative estimate of drug-likeness (QED) is 0.482. The van der Waals surface area contributed by atoms with Gasteiger partial charge in [0.1, 0.15) is 16.9 Å². The highest BCUT2D eigenvalue weighted by Gasteiger charge is 2.25. The van der Waals surface area contributed by atoms with E-state index >= 15 is 0 Å². The molecular formula is C22H18FN7O2. The Kier molecular flexibility index (Phi) is 4.54. The highest BCUT2D eigenvalue weighted by Crippen LogP contribution is 2.29. The summed E-state index contributed by atoms with van der Waals surface area (Å²) in [6.45, 7) is 2.14. The van der Waals surface area contributed by atoms with Gasteiger partial charge in [0.25, 0.3) is 5.56 Å². The molecule has 0 saturated carbocycles. The summed E-state index contributed by atoms with van der Waals surface area (Å²) in [5.74, 6) is -0.332. The number of nitrogen functional groups attached to an aromatic ring is 1. The summed E-state index contributed by atoms with van der Waals surface area (Å²) < 4.78 is 17.1. The molecule has 1 aromatic carbocycles. The number of para-hydroxylation sites is 1. The molecule has 1 aliphatic heterocycles. The third kappa shape index (κ3) is 3.13. The molecule has 5 rings (SSSR count). The Labute approximate surface area is 181 Å². The minimum atomic E-state index is -0.616. The van der Waals surface area contributed by atoms with Crippen LogP contribution in [0.2, 0.25) is 0 Å². The number of fused-ring (bicyclic) bond motifs is 2. The number of nitrogens with one attached hydrogen (secondary N) is 1. The summed E-state index contributed by atoms with van der Waals surface area (Å²) in [7, 11) is 0. The molecule has 0 atom stereocenters. The molecule has 9 nitrogen and oxygen atoms in total. The maximum absolute atomic E-state index is 14.3. The van der Waals surface area contributed by atoms with Gasteiger partial charge in [0, 0.05) is 31.0 Å². The summed E-state index contributed by atoms with van der Waals surface area (Å²) >= 11 is 0. The fourth-order valence-electron chi connectivity index (χ4n) is 3.80. The Balaban J connectivity index is 1.78. The first-order valence-electron chi connectivity index (χ1n) is 9.92. The van der Waals surface area contributed by atoms with Gasteiger partial charge in [-0.15, -0.1) is 0 Å². The second-order valence-electron chi connectivity index (χ2n) is 7.34. The molecule has 0 amide bonds. The predicted molar refractivity (Wildman–Crippen MR) is 119 cm³/mol. The maximum Gasteiger partial charge on any atom is 0.282 e. The summed E-state index contributed by atoms with van der Waals surface area (Å²) in [6.07, 6.45) is 3.37. The van der Waals surface area contributed by atoms with E-state index in [2.05, 4.69) is 20.3 Å². The molecule has 0 saturated heterocycles. The Hall–Kier alpha value is -4.34. The first-order valence-corrected chi connectivity index (χ1v) is 9.92. The van der Waals surface area contributed by atoms with E-state index in [9.17, 15) is 14.0 Å². The largest absolute Gasteiger partial charge is 0.369 e. The molecule has 0 spiro atoms. The molecule has 0 bridgehead atoms. The van der Waals surface area contributed by atoms with Gasteiger partial charge in [-0.1, -0.05) is 18.2 Å². The van der Waals surface area contributed by atoms with Gasteiger partial charge >= 0.3 is 0 Å². The van der Waals surface area contributed by atoms with E-state index in [-0.39, 0.29) is 35.1 Å². The molecule has 160 valence electrons. The number of nitrogens with zero attached hydrogens (tertiary/aromatic N) is 5. The second kappa shape index (κ2) is 7.41. The number of hydrogen-bond donors (Lipinski definition) is 2. The number of benzene rings is 1. The molecule has 0 unspecified atom stereocenters. The lowest BCUT2D eigenvalue weighted by molar-refractivity contribution is 0.0983. The Morgan fingerprint density at radius 3 is 2.75 bits per heavy atom. The van der Waals surface area contributed by atoms with Crippen molar-refractivity contribution in [2.75, 3.05) is 17.6 Å². The van der Waals surface area contributed by atoms with Crippen LogP contribution in [0.1, 0.15) is 29.4 Å². The standard InChI is InChI=1S/C22H18FN7O2/c1-12(26-20-17-16(31)7-9-25-19(17)27-22(24)28-20)15-11-29-10-8-14(23)18(29)21(32)30(15)13-5-3-2-4-6-13/h2-6,8,10-11H,7,9H2,1H3,(H3,24,25,27,28)/b26-12+. The maximum atomic E-state index is 14.3. The number of carbonyl (C=O) groups excluding carboxylic acids is 1. The lowest BCUT2D eigenvalue weighted by Crippen LogP contribution is -2.26. The Morgan fingerprint density at radius 1 is 1.19 bits per heavy atom. The lowest BCUT2D eigenvalue weighted by Gasteiger charge is -2.18. The van der Waals surface area contributed by atoms with Gasteiger partial charge in [0.05, 0.1) is 11.4 Å². The van der Waals surface area contributed by atoms with Crippen molar-refractivity contribution in [3.05, 3.63) is 76.2 Å². The number of anilines is 2. The van der Waals surface area contributed by atoms with Gasteiger partial charge < -0.3 is 15.5 Å². The van der Waals surface area contributed by atoms with Crippen molar-refractivity contribution in [1.82, 2.24) is 18.9 Å². The zero-order valence-corrected chi connectivity index (χ0v) is 17.0. The molecule has 0 radical (unpaired) electrons. The van der Waals surface area contributed by atoms with E-state index in [1.54, 1.807) is 37.4 Å². The average molecular weight is 431 g/mol. The number of halogens is 1. The number of hydrogen-bond acceptors (Lipinski definition) is 7. The SMILES string of the molecule is C/C(=N\c1nc(N)nc2c1C(=O)CCN2)c1cn2ccc(F)c2c(=O)n1-c1ccccc1. The van der Waals surface area contributed by atoms with Gasteiger partial charge in [0.2, 0.25) is 5.95 Å². The normalized spacial score (nSPS) is 13.8. The van der Waals surface area contributed by atoms with E-state index in [4.69, 9.17) is 5.73 Å². The first-order chi connectivity index (χ1) is 15.4. The molecular weight excluding hydrogens is 413 g/mol. The molecule has 3 N–H and O–H groups in total. The molecule has 3 aromatic heterocycles. The fourth-order valence-corrected chi connectivity index (χ4v) is 3.80. The fraction of sp³-hybridized carbons (Fsp3) is 0.136. The Morgan fingerprint density at radius 2 is 1.97 bits per heavy atom. The monoisotopic (exact) mass is 431 g/mol. The van der Waals surface area contributed by atoms with Gasteiger partial charge in [-0.25, -0.2) is 9.38 Å². The molecule has 1 aliphatic rings. The van der Waals surface area contributed by atoms with Crippen LogP contribution in [0.4, 0.5) is 22.0 Å². The lowest BCUT2D eigenvalue weighted by atomic mass is 10.1. The van der Waals surface area contributed by atoms with Crippen molar-refractivity contribution in [2.45, 2.75) is 13.3 Å². The van der Waals surface area contributed by atoms with Gasteiger partial charge in [-0.05, 0) is 25.1 Å². The first kappa shape index (κ1) is 19.6. The van der Waals surface area contributed by atoms with Crippen LogP contribution in [0, 0.1) is 5.82 Å². The third-order valence-electron chi connectivity index (χ3n) is 5.26. The summed E-state index contributed by atoms with van der Waals surface area (Å²) in [6, 6.07) is 10.1. The van der Waals surface area contributed by atoms with Crippen LogP contribution < -0.4 is 16.6 Å². The van der Waals surface area contributed by atoms with Crippen LogP contribution >= 0.6 is 0 Å². The van der Waals surface area contributed by atoms with E-state index in [1.165, 1.54) is 21.2 Å². The number of Topliss-reactive ketones (excluding diaryl/α,β-unsaturated/α-hetero) is 1. The van der Waals surface area contributed by atoms with Crippen molar-refractivity contribution in [2.24, 2.45) is 4.99 Å². The zero-order valence-electron chi connectivity index (χ0n) is 17.0. The summed E-state index contributed by atoms with van der Waals surface area (Å²) in [5.41, 5.74) is 6.81. The number of aromatic nitrogens is 4. The molecule has 4 heterocycles. The van der Waals surface area contributed by atoms with Gasteiger partial charge in [-0.3, -0.25) is 14.2 Å². The smallest absolute Gasteiger partial charge is 0.282 e. The van der Waals surface area contributed by atoms with Gasteiger partial charge in [-0.2, -0.15) is 9.97 Å². The predicted octanol–water partition coefficient (Wildman–Crippen LogP) is 2.74. The van der Waals surface area contributed by atoms with Gasteiger partial charge in [0.15, 0.2) is 17.4 Å². The van der Waals surface area contributed by atoms with Crippen LogP contribution in [-0.4, -0.2) is 37.0 Å². The zero-order chi connectivity index (χ0) is 22.4. The van der Waals surface area contributed by atoms with E-state index in [0.717, 1.165) is 0 Å². The molecule has 32 heavy (non-hydrogen) atoms. The van der Waals surface area contributed by atoms with Crippen LogP contribution in [-0.2, 0) is 0 Å². The number of carbonyl (C=O) groups is 1. The van der Waals surface area contributed by atoms with E-state index in [0.29, 0.717) is 29.5 Å². The number of rotatable bonds is 3. The summed E-state index contributed by atoms with van der Waals surface area (Å²) in [5, 5.41) is 3.04. The summed E-state index contributed by atoms with van der Waals surface area (Å²) in [4.78, 5) is 38.6.